The van der Waals surface area contributed by atoms with Crippen molar-refractivity contribution in [2.75, 3.05) is 20.3 Å². The van der Waals surface area contributed by atoms with E-state index in [1.54, 1.807) is 4.90 Å². The molecule has 6 heteroatoms. The molecule has 1 heterocycles. The zero-order valence-corrected chi connectivity index (χ0v) is 7.26. The molecule has 0 aromatic heterocycles. The van der Waals surface area contributed by atoms with E-state index >= 15 is 0 Å². The standard InChI is InChI=1S/C5H9NO.C2H3F3O/c1-6-4-2-3-5(6)7;3-1-2(4,5)6/h2-4H2,1H3;6H,1H2. The van der Waals surface area contributed by atoms with E-state index in [0.29, 0.717) is 5.91 Å². The van der Waals surface area contributed by atoms with E-state index in [9.17, 15) is 18.0 Å². The monoisotopic (exact) mass is 199 g/mol. The lowest BCUT2D eigenvalue weighted by Crippen LogP contribution is -2.17. The Morgan fingerprint density at radius 2 is 2.08 bits per heavy atom. The van der Waals surface area contributed by atoms with Crippen LogP contribution < -0.4 is 0 Å². The van der Waals surface area contributed by atoms with Crippen LogP contribution in [-0.2, 0) is 4.79 Å². The van der Waals surface area contributed by atoms with Crippen molar-refractivity contribution >= 4 is 5.91 Å². The van der Waals surface area contributed by atoms with Crippen LogP contribution in [0.25, 0.3) is 0 Å². The Morgan fingerprint density at radius 1 is 1.62 bits per heavy atom. The number of carbonyl (C=O) groups excluding carboxylic acids is 1. The minimum Gasteiger partial charge on any atom is -0.346 e. The summed E-state index contributed by atoms with van der Waals surface area (Å²) in [5, 5.41) is 7.12. The van der Waals surface area contributed by atoms with Crippen LogP contribution in [0.1, 0.15) is 12.8 Å². The molecule has 0 spiro atoms. The van der Waals surface area contributed by atoms with Gasteiger partial charge in [0.1, 0.15) is 0 Å². The lowest BCUT2D eigenvalue weighted by molar-refractivity contribution is -0.208. The molecule has 0 atom stereocenters. The quantitative estimate of drug-likeness (QED) is 0.678. The number of alkyl halides is 3. The third-order valence-electron chi connectivity index (χ3n) is 1.47. The summed E-state index contributed by atoms with van der Waals surface area (Å²) in [7, 11) is 1.84. The number of rotatable bonds is 1. The smallest absolute Gasteiger partial charge is 0.346 e. The van der Waals surface area contributed by atoms with Gasteiger partial charge in [-0.3, -0.25) is 4.79 Å². The fourth-order valence-corrected chi connectivity index (χ4v) is 0.783. The van der Waals surface area contributed by atoms with E-state index in [2.05, 4.69) is 0 Å². The highest BCUT2D eigenvalue weighted by atomic mass is 19.3. The van der Waals surface area contributed by atoms with Gasteiger partial charge in [0.25, 0.3) is 0 Å². The molecule has 1 fully saturated rings. The molecule has 13 heavy (non-hydrogen) atoms. The fraction of sp³-hybridized carbons (Fsp3) is 0.857. The second-order valence-electron chi connectivity index (χ2n) is 2.72. The third kappa shape index (κ3) is 6.39. The van der Waals surface area contributed by atoms with Crippen LogP contribution in [-0.4, -0.2) is 42.3 Å². The molecule has 0 aromatic carbocycles. The van der Waals surface area contributed by atoms with Crippen molar-refractivity contribution in [1.29, 1.82) is 0 Å². The van der Waals surface area contributed by atoms with E-state index in [0.717, 1.165) is 19.4 Å². The van der Waals surface area contributed by atoms with E-state index in [1.165, 1.54) is 0 Å². The second-order valence-corrected chi connectivity index (χ2v) is 2.72. The van der Waals surface area contributed by atoms with Gasteiger partial charge in [-0.1, -0.05) is 0 Å². The van der Waals surface area contributed by atoms with Crippen LogP contribution in [0.3, 0.4) is 0 Å². The first kappa shape index (κ1) is 12.2. The third-order valence-corrected chi connectivity index (χ3v) is 1.47. The van der Waals surface area contributed by atoms with E-state index in [1.807, 2.05) is 7.05 Å². The van der Waals surface area contributed by atoms with Crippen molar-refractivity contribution in [1.82, 2.24) is 4.90 Å². The van der Waals surface area contributed by atoms with Crippen LogP contribution in [0, 0.1) is 0 Å². The Hall–Kier alpha value is -0.780. The average molecular weight is 199 g/mol. The first-order valence-electron chi connectivity index (χ1n) is 3.77. The van der Waals surface area contributed by atoms with Crippen LogP contribution in [0.5, 0.6) is 0 Å². The van der Waals surface area contributed by atoms with Crippen molar-refractivity contribution in [3.8, 4) is 0 Å². The summed E-state index contributed by atoms with van der Waals surface area (Å²) in [6.07, 6.45) is -2.31. The highest BCUT2D eigenvalue weighted by molar-refractivity contribution is 5.77. The van der Waals surface area contributed by atoms with Gasteiger partial charge in [-0.2, -0.15) is 8.78 Å². The highest BCUT2D eigenvalue weighted by Gasteiger charge is 2.22. The Labute approximate surface area is 74.1 Å². The van der Waals surface area contributed by atoms with Gasteiger partial charge in [-0.15, -0.1) is 0 Å². The lowest BCUT2D eigenvalue weighted by atomic mass is 10.4. The van der Waals surface area contributed by atoms with Gasteiger partial charge in [0.15, 0.2) is 6.67 Å². The SMILES string of the molecule is CN1CCCC1=O.OC(F)(F)CF. The van der Waals surface area contributed by atoms with Gasteiger partial charge in [0.2, 0.25) is 5.91 Å². The summed E-state index contributed by atoms with van der Waals surface area (Å²) < 4.78 is 31.8. The predicted octanol–water partition coefficient (Wildman–Crippen LogP) is 0.780. The van der Waals surface area contributed by atoms with Gasteiger partial charge in [0.05, 0.1) is 0 Å². The molecule has 0 saturated carbocycles. The van der Waals surface area contributed by atoms with Crippen LogP contribution >= 0.6 is 0 Å². The Balaban J connectivity index is 0.000000226. The van der Waals surface area contributed by atoms with E-state index in [4.69, 9.17) is 5.11 Å². The molecule has 78 valence electrons. The highest BCUT2D eigenvalue weighted by Crippen LogP contribution is 2.06. The fourth-order valence-electron chi connectivity index (χ4n) is 0.783. The normalized spacial score (nSPS) is 17.0. The Bertz CT molecular complexity index is 170. The largest absolute Gasteiger partial charge is 0.381 e. The molecule has 0 radical (unpaired) electrons. The number of nitrogens with zero attached hydrogens (tertiary/aromatic N) is 1. The molecule has 1 amide bonds. The molecular weight excluding hydrogens is 187 g/mol. The molecule has 1 rings (SSSR count). The lowest BCUT2D eigenvalue weighted by Gasteiger charge is -2.03. The molecule has 1 aliphatic heterocycles. The Kier molecular flexibility index (Phi) is 4.76. The summed E-state index contributed by atoms with van der Waals surface area (Å²) in [6, 6.07) is 0. The summed E-state index contributed by atoms with van der Waals surface area (Å²) in [4.78, 5) is 12.3. The maximum Gasteiger partial charge on any atom is 0.381 e. The minimum atomic E-state index is -4.12. The van der Waals surface area contributed by atoms with Gasteiger partial charge in [-0.25, -0.2) is 4.39 Å². The van der Waals surface area contributed by atoms with Crippen molar-refractivity contribution in [2.24, 2.45) is 0 Å². The van der Waals surface area contributed by atoms with Crippen LogP contribution in [0.15, 0.2) is 0 Å². The molecule has 1 N–H and O–H groups in total. The molecule has 0 bridgehead atoms. The summed E-state index contributed by atoms with van der Waals surface area (Å²) in [5.74, 6) is 0.292. The summed E-state index contributed by atoms with van der Waals surface area (Å²) >= 11 is 0. The van der Waals surface area contributed by atoms with Gasteiger partial charge < -0.3 is 10.0 Å². The van der Waals surface area contributed by atoms with Crippen molar-refractivity contribution in [3.63, 3.8) is 0 Å². The van der Waals surface area contributed by atoms with Crippen LogP contribution in [0.2, 0.25) is 0 Å². The number of aliphatic hydroxyl groups is 1. The van der Waals surface area contributed by atoms with Gasteiger partial charge in [0, 0.05) is 20.0 Å². The van der Waals surface area contributed by atoms with Gasteiger partial charge in [-0.05, 0) is 6.42 Å². The predicted molar refractivity (Wildman–Crippen MR) is 40.0 cm³/mol. The van der Waals surface area contributed by atoms with Gasteiger partial charge >= 0.3 is 6.11 Å². The second kappa shape index (κ2) is 5.06. The van der Waals surface area contributed by atoms with Crippen molar-refractivity contribution in [3.05, 3.63) is 0 Å². The van der Waals surface area contributed by atoms with Crippen molar-refractivity contribution in [2.45, 2.75) is 19.0 Å². The zero-order chi connectivity index (χ0) is 10.5. The first-order valence-corrected chi connectivity index (χ1v) is 3.77. The number of amides is 1. The maximum atomic E-state index is 10.6. The summed E-state index contributed by atoms with van der Waals surface area (Å²) in [6.45, 7) is -1.05. The average Bonchev–Trinajstić information content (AvgIpc) is 2.36. The maximum absolute atomic E-state index is 10.6. The van der Waals surface area contributed by atoms with Crippen LogP contribution in [0.4, 0.5) is 13.2 Å². The molecule has 1 aliphatic rings. The number of likely N-dealkylation sites (tertiary alicyclic amines) is 1. The first-order chi connectivity index (χ1) is 5.87. The number of hydrogen-bond donors (Lipinski definition) is 1. The number of hydrogen-bond acceptors (Lipinski definition) is 2. The molecule has 1 saturated heterocycles. The van der Waals surface area contributed by atoms with E-state index < -0.39 is 12.8 Å². The topological polar surface area (TPSA) is 40.5 Å². The molecule has 0 aliphatic carbocycles. The minimum absolute atomic E-state index is 0.292. The molecule has 0 aromatic rings. The summed E-state index contributed by atoms with van der Waals surface area (Å²) in [5.41, 5.74) is 0. The van der Waals surface area contributed by atoms with Crippen molar-refractivity contribution < 1.29 is 23.1 Å². The molecule has 3 nitrogen and oxygen atoms in total. The van der Waals surface area contributed by atoms with E-state index in [-0.39, 0.29) is 0 Å². The Morgan fingerprint density at radius 3 is 2.15 bits per heavy atom. The molecule has 0 unspecified atom stereocenters. The molecular formula is C7H12F3NO2. The number of halogens is 3. The zero-order valence-electron chi connectivity index (χ0n) is 7.26. The number of carbonyl (C=O) groups is 1.